The van der Waals surface area contributed by atoms with E-state index in [0.29, 0.717) is 22.5 Å². The Morgan fingerprint density at radius 1 is 1.00 bits per heavy atom. The molecule has 0 aliphatic carbocycles. The predicted octanol–water partition coefficient (Wildman–Crippen LogP) is 4.26. The molecule has 0 bridgehead atoms. The highest BCUT2D eigenvalue weighted by Crippen LogP contribution is 2.21. The van der Waals surface area contributed by atoms with Gasteiger partial charge in [-0.05, 0) is 49.4 Å². The summed E-state index contributed by atoms with van der Waals surface area (Å²) in [5, 5.41) is 5.94. The van der Waals surface area contributed by atoms with E-state index in [4.69, 9.17) is 9.47 Å². The van der Waals surface area contributed by atoms with Gasteiger partial charge in [0.2, 0.25) is 0 Å². The number of methoxy groups -OCH3 is 1. The van der Waals surface area contributed by atoms with Gasteiger partial charge in [-0.25, -0.2) is 4.79 Å². The van der Waals surface area contributed by atoms with Gasteiger partial charge in [0, 0.05) is 11.9 Å². The van der Waals surface area contributed by atoms with E-state index in [2.05, 4.69) is 15.6 Å². The van der Waals surface area contributed by atoms with Gasteiger partial charge in [-0.15, -0.1) is 0 Å². The Hall–Kier alpha value is -3.87. The molecule has 2 N–H and O–H groups in total. The Bertz CT molecular complexity index is 1000. The van der Waals surface area contributed by atoms with Crippen molar-refractivity contribution in [3.05, 3.63) is 78.1 Å². The number of benzene rings is 2. The number of hydrogen-bond acceptors (Lipinski definition) is 6. The summed E-state index contributed by atoms with van der Waals surface area (Å²) < 4.78 is 10.2. The summed E-state index contributed by atoms with van der Waals surface area (Å²) in [6.07, 6.45) is 3.08. The molecule has 1 aromatic heterocycles. The highest BCUT2D eigenvalue weighted by Gasteiger charge is 2.15. The van der Waals surface area contributed by atoms with Gasteiger partial charge in [-0.1, -0.05) is 12.1 Å². The monoisotopic (exact) mass is 391 g/mol. The third-order valence-corrected chi connectivity index (χ3v) is 4.05. The van der Waals surface area contributed by atoms with Crippen molar-refractivity contribution in [2.45, 2.75) is 6.92 Å². The molecule has 0 aliphatic rings. The van der Waals surface area contributed by atoms with Crippen molar-refractivity contribution in [1.29, 1.82) is 0 Å². The van der Waals surface area contributed by atoms with Crippen LogP contribution in [0.15, 0.2) is 67.0 Å². The van der Waals surface area contributed by atoms with Gasteiger partial charge >= 0.3 is 5.97 Å². The molecule has 0 spiro atoms. The van der Waals surface area contributed by atoms with E-state index in [1.807, 2.05) is 24.3 Å². The van der Waals surface area contributed by atoms with E-state index >= 15 is 0 Å². The van der Waals surface area contributed by atoms with Crippen LogP contribution in [0.4, 0.5) is 17.1 Å². The molecule has 0 aliphatic heterocycles. The first-order chi connectivity index (χ1) is 14.1. The lowest BCUT2D eigenvalue weighted by Crippen LogP contribution is -2.16. The van der Waals surface area contributed by atoms with Crippen LogP contribution >= 0.6 is 0 Å². The molecule has 0 radical (unpaired) electrons. The highest BCUT2D eigenvalue weighted by molar-refractivity contribution is 6.08. The van der Waals surface area contributed by atoms with Gasteiger partial charge in [0.1, 0.15) is 5.75 Å². The van der Waals surface area contributed by atoms with E-state index in [1.54, 1.807) is 50.6 Å². The second kappa shape index (κ2) is 9.36. The van der Waals surface area contributed by atoms with Crippen molar-refractivity contribution in [2.24, 2.45) is 0 Å². The Kier molecular flexibility index (Phi) is 6.42. The lowest BCUT2D eigenvalue weighted by atomic mass is 10.1. The molecule has 7 nitrogen and oxygen atoms in total. The van der Waals surface area contributed by atoms with E-state index in [9.17, 15) is 9.59 Å². The predicted molar refractivity (Wildman–Crippen MR) is 111 cm³/mol. The molecule has 0 unspecified atom stereocenters. The normalized spacial score (nSPS) is 10.1. The molecule has 148 valence electrons. The number of amides is 1. The zero-order chi connectivity index (χ0) is 20.6. The van der Waals surface area contributed by atoms with Gasteiger partial charge in [0.15, 0.2) is 0 Å². The number of hydrogen-bond donors (Lipinski definition) is 2. The second-order valence-electron chi connectivity index (χ2n) is 6.04. The van der Waals surface area contributed by atoms with E-state index in [-0.39, 0.29) is 12.5 Å². The molecule has 0 atom stereocenters. The Morgan fingerprint density at radius 2 is 1.76 bits per heavy atom. The minimum Gasteiger partial charge on any atom is -0.497 e. The van der Waals surface area contributed by atoms with E-state index < -0.39 is 5.97 Å². The number of esters is 1. The first-order valence-corrected chi connectivity index (χ1v) is 9.04. The van der Waals surface area contributed by atoms with Crippen LogP contribution in [0, 0.1) is 0 Å². The first kappa shape index (κ1) is 19.9. The molecule has 0 fully saturated rings. The van der Waals surface area contributed by atoms with Crippen LogP contribution < -0.4 is 15.4 Å². The largest absolute Gasteiger partial charge is 0.497 e. The zero-order valence-electron chi connectivity index (χ0n) is 16.1. The average Bonchev–Trinajstić information content (AvgIpc) is 2.75. The summed E-state index contributed by atoms with van der Waals surface area (Å²) in [6.45, 7) is 1.98. The fraction of sp³-hybridized carbons (Fsp3) is 0.136. The summed E-state index contributed by atoms with van der Waals surface area (Å²) in [4.78, 5) is 28.9. The molecule has 29 heavy (non-hydrogen) atoms. The maximum atomic E-state index is 12.7. The molecule has 3 rings (SSSR count). The number of carbonyl (C=O) groups is 2. The maximum absolute atomic E-state index is 12.7. The van der Waals surface area contributed by atoms with Crippen molar-refractivity contribution in [3.8, 4) is 5.75 Å². The number of rotatable bonds is 7. The lowest BCUT2D eigenvalue weighted by Gasteiger charge is -2.11. The molecule has 2 aromatic carbocycles. The number of para-hydroxylation sites is 1. The van der Waals surface area contributed by atoms with Crippen molar-refractivity contribution in [3.63, 3.8) is 0 Å². The van der Waals surface area contributed by atoms with Gasteiger partial charge in [-0.3, -0.25) is 9.78 Å². The molecule has 0 saturated heterocycles. The molecular weight excluding hydrogens is 370 g/mol. The van der Waals surface area contributed by atoms with Gasteiger partial charge in [-0.2, -0.15) is 0 Å². The van der Waals surface area contributed by atoms with E-state index in [0.717, 1.165) is 11.4 Å². The van der Waals surface area contributed by atoms with Gasteiger partial charge < -0.3 is 20.1 Å². The number of aromatic nitrogens is 1. The zero-order valence-corrected chi connectivity index (χ0v) is 16.1. The minimum absolute atomic E-state index is 0.254. The van der Waals surface area contributed by atoms with Crippen LogP contribution in [0.2, 0.25) is 0 Å². The molecule has 7 heteroatoms. The Morgan fingerprint density at radius 3 is 2.48 bits per heavy atom. The van der Waals surface area contributed by atoms with Crippen molar-refractivity contribution < 1.29 is 19.1 Å². The number of nitrogens with zero attached hydrogens (tertiary/aromatic N) is 1. The summed E-state index contributed by atoms with van der Waals surface area (Å²) in [5.74, 6) is -0.119. The molecule has 0 saturated carbocycles. The number of nitrogens with one attached hydrogen (secondary N) is 2. The lowest BCUT2D eigenvalue weighted by molar-refractivity contribution is 0.0527. The topological polar surface area (TPSA) is 89.5 Å². The van der Waals surface area contributed by atoms with Crippen LogP contribution in [0.5, 0.6) is 5.75 Å². The SMILES string of the molecule is CCOC(=O)c1ccccc1NC(=O)c1cncc(Nc2ccc(OC)cc2)c1. The number of anilines is 3. The first-order valence-electron chi connectivity index (χ1n) is 9.04. The third kappa shape index (κ3) is 5.10. The van der Waals surface area contributed by atoms with Crippen LogP contribution in [0.25, 0.3) is 0 Å². The average molecular weight is 391 g/mol. The smallest absolute Gasteiger partial charge is 0.340 e. The maximum Gasteiger partial charge on any atom is 0.340 e. The van der Waals surface area contributed by atoms with Crippen LogP contribution in [0.3, 0.4) is 0 Å². The summed E-state index contributed by atoms with van der Waals surface area (Å²) in [5.41, 5.74) is 2.51. The molecule has 3 aromatic rings. The van der Waals surface area contributed by atoms with Crippen LogP contribution in [0.1, 0.15) is 27.6 Å². The molecular formula is C22H21N3O4. The summed E-state index contributed by atoms with van der Waals surface area (Å²) in [6, 6.07) is 15.8. The standard InChI is InChI=1S/C22H21N3O4/c1-3-29-22(27)19-6-4-5-7-20(19)25-21(26)15-12-17(14-23-13-15)24-16-8-10-18(28-2)11-9-16/h4-14,24H,3H2,1-2H3,(H,25,26). The van der Waals surface area contributed by atoms with Crippen molar-refractivity contribution in [1.82, 2.24) is 4.98 Å². The fourth-order valence-electron chi connectivity index (χ4n) is 2.65. The summed E-state index contributed by atoms with van der Waals surface area (Å²) >= 11 is 0. The van der Waals surface area contributed by atoms with Gasteiger partial charge in [0.05, 0.1) is 42.4 Å². The van der Waals surface area contributed by atoms with Gasteiger partial charge in [0.25, 0.3) is 5.91 Å². The minimum atomic E-state index is -0.489. The summed E-state index contributed by atoms with van der Waals surface area (Å²) in [7, 11) is 1.61. The highest BCUT2D eigenvalue weighted by atomic mass is 16.5. The number of ether oxygens (including phenoxy) is 2. The van der Waals surface area contributed by atoms with Crippen molar-refractivity contribution >= 4 is 28.9 Å². The third-order valence-electron chi connectivity index (χ3n) is 4.05. The van der Waals surface area contributed by atoms with Crippen molar-refractivity contribution in [2.75, 3.05) is 24.4 Å². The van der Waals surface area contributed by atoms with Crippen LogP contribution in [-0.2, 0) is 4.74 Å². The Labute approximate surface area is 168 Å². The van der Waals surface area contributed by atoms with Crippen LogP contribution in [-0.4, -0.2) is 30.6 Å². The quantitative estimate of drug-likeness (QED) is 0.585. The Balaban J connectivity index is 1.75. The second-order valence-corrected chi connectivity index (χ2v) is 6.04. The fourth-order valence-corrected chi connectivity index (χ4v) is 2.65. The van der Waals surface area contributed by atoms with E-state index in [1.165, 1.54) is 6.20 Å². The molecule has 1 amide bonds. The number of pyridine rings is 1. The number of carbonyl (C=O) groups excluding carboxylic acids is 2. The molecule has 1 heterocycles.